The van der Waals surface area contributed by atoms with Crippen LogP contribution in [0.5, 0.6) is 0 Å². The Kier molecular flexibility index (Phi) is 9.71. The monoisotopic (exact) mass is 330 g/mol. The van der Waals surface area contributed by atoms with Crippen molar-refractivity contribution in [1.82, 2.24) is 5.32 Å². The smallest absolute Gasteiger partial charge is 0.320 e. The van der Waals surface area contributed by atoms with Crippen LogP contribution in [0.2, 0.25) is 0 Å². The van der Waals surface area contributed by atoms with Crippen molar-refractivity contribution in [1.29, 1.82) is 0 Å². The predicted molar refractivity (Wildman–Crippen MR) is 89.7 cm³/mol. The first-order chi connectivity index (χ1) is 11.0. The summed E-state index contributed by atoms with van der Waals surface area (Å²) >= 11 is 0. The normalized spacial score (nSPS) is 26.0. The zero-order valence-electron chi connectivity index (χ0n) is 14.5. The summed E-state index contributed by atoms with van der Waals surface area (Å²) in [7, 11) is 0. The zero-order chi connectivity index (χ0) is 17.2. The molecule has 2 unspecified atom stereocenters. The molecule has 1 aliphatic carbocycles. The molecule has 5 N–H and O–H groups in total. The van der Waals surface area contributed by atoms with Crippen LogP contribution in [0.4, 0.5) is 0 Å². The van der Waals surface area contributed by atoms with E-state index in [0.717, 1.165) is 18.3 Å². The number of hydrogen-bond donors (Lipinski definition) is 4. The molecule has 0 aliphatic heterocycles. The minimum absolute atomic E-state index is 0.452. The second-order valence-corrected chi connectivity index (χ2v) is 6.65. The van der Waals surface area contributed by atoms with E-state index in [2.05, 4.69) is 19.2 Å². The van der Waals surface area contributed by atoms with E-state index in [1.807, 2.05) is 0 Å². The van der Waals surface area contributed by atoms with Gasteiger partial charge in [0.15, 0.2) is 0 Å². The first kappa shape index (κ1) is 20.4. The van der Waals surface area contributed by atoms with E-state index in [0.29, 0.717) is 31.9 Å². The van der Waals surface area contributed by atoms with E-state index in [1.165, 1.54) is 25.7 Å². The largest absolute Gasteiger partial charge is 0.480 e. The van der Waals surface area contributed by atoms with Gasteiger partial charge in [0, 0.05) is 0 Å². The summed E-state index contributed by atoms with van der Waals surface area (Å²) in [5.74, 6) is 1.17. The molecule has 0 radical (unpaired) electrons. The fraction of sp³-hybridized carbons (Fsp3) is 0.941. The molecule has 1 rings (SSSR count). The van der Waals surface area contributed by atoms with E-state index >= 15 is 0 Å². The van der Waals surface area contributed by atoms with Crippen LogP contribution in [-0.4, -0.2) is 41.8 Å². The molecule has 1 saturated carbocycles. The van der Waals surface area contributed by atoms with Crippen molar-refractivity contribution in [2.24, 2.45) is 23.5 Å². The Hall–Kier alpha value is -0.690. The van der Waals surface area contributed by atoms with Crippen molar-refractivity contribution in [3.05, 3.63) is 0 Å². The lowest BCUT2D eigenvalue weighted by Crippen LogP contribution is -2.33. The molecule has 0 heterocycles. The van der Waals surface area contributed by atoms with Gasteiger partial charge in [-0.15, -0.1) is 0 Å². The van der Waals surface area contributed by atoms with Crippen molar-refractivity contribution in [3.63, 3.8) is 0 Å². The van der Waals surface area contributed by atoms with Gasteiger partial charge in [-0.05, 0) is 37.1 Å². The maximum Gasteiger partial charge on any atom is 0.320 e. The lowest BCUT2D eigenvalue weighted by Gasteiger charge is -2.14. The van der Waals surface area contributed by atoms with E-state index < -0.39 is 18.4 Å². The Balaban J connectivity index is 2.06. The summed E-state index contributed by atoms with van der Waals surface area (Å²) in [5, 5.41) is 21.4. The highest BCUT2D eigenvalue weighted by atomic mass is 16.6. The maximum absolute atomic E-state index is 10.6. The molecule has 6 heteroatoms. The first-order valence-corrected chi connectivity index (χ1v) is 9.02. The lowest BCUT2D eigenvalue weighted by atomic mass is 10.1. The van der Waals surface area contributed by atoms with Crippen molar-refractivity contribution in [3.8, 4) is 0 Å². The third kappa shape index (κ3) is 7.61. The molecule has 0 aromatic carbocycles. The predicted octanol–water partition coefficient (Wildman–Crippen LogP) is 1.91. The molecule has 6 nitrogen and oxygen atoms in total. The van der Waals surface area contributed by atoms with Crippen LogP contribution in [0, 0.1) is 17.8 Å². The van der Waals surface area contributed by atoms with Crippen LogP contribution in [-0.2, 0) is 9.53 Å². The fourth-order valence-corrected chi connectivity index (χ4v) is 3.39. The van der Waals surface area contributed by atoms with Gasteiger partial charge in [0.05, 0.1) is 6.61 Å². The summed E-state index contributed by atoms with van der Waals surface area (Å²) in [6, 6.07) is -0.794. The van der Waals surface area contributed by atoms with Crippen LogP contribution < -0.4 is 11.1 Å². The number of unbranched alkanes of at least 4 members (excludes halogenated alkanes) is 1. The van der Waals surface area contributed by atoms with Gasteiger partial charge < -0.3 is 20.7 Å². The minimum Gasteiger partial charge on any atom is -0.480 e. The third-order valence-corrected chi connectivity index (χ3v) is 4.78. The average molecular weight is 330 g/mol. The quantitative estimate of drug-likeness (QED) is 0.286. The van der Waals surface area contributed by atoms with Crippen LogP contribution in [0.3, 0.4) is 0 Å². The fourth-order valence-electron chi connectivity index (χ4n) is 3.39. The van der Waals surface area contributed by atoms with Gasteiger partial charge in [-0.3, -0.25) is 10.1 Å². The number of ether oxygens (including phenoxy) is 1. The summed E-state index contributed by atoms with van der Waals surface area (Å²) < 4.78 is 5.51. The molecule has 0 aromatic heterocycles. The molecule has 23 heavy (non-hydrogen) atoms. The zero-order valence-corrected chi connectivity index (χ0v) is 14.5. The highest BCUT2D eigenvalue weighted by Gasteiger charge is 2.48. The second-order valence-electron chi connectivity index (χ2n) is 6.65. The number of hydrogen-bond acceptors (Lipinski definition) is 5. The first-order valence-electron chi connectivity index (χ1n) is 9.02. The van der Waals surface area contributed by atoms with Gasteiger partial charge in [0.25, 0.3) is 0 Å². The van der Waals surface area contributed by atoms with E-state index in [4.69, 9.17) is 15.6 Å². The molecule has 0 aromatic rings. The van der Waals surface area contributed by atoms with Crippen LogP contribution in [0.15, 0.2) is 0 Å². The molecule has 0 amide bonds. The molecule has 0 bridgehead atoms. The highest BCUT2D eigenvalue weighted by Crippen LogP contribution is 2.51. The van der Waals surface area contributed by atoms with Crippen molar-refractivity contribution in [2.75, 3.05) is 13.2 Å². The summed E-state index contributed by atoms with van der Waals surface area (Å²) in [5.41, 5.74) is 5.43. The SMILES string of the molecule is CCC[C@@H]1C(COC(O)NCCCC[C@H](N)C(=O)O)[C@@H]1CCC. The molecule has 136 valence electrons. The average Bonchev–Trinajstić information content (AvgIpc) is 3.16. The van der Waals surface area contributed by atoms with Gasteiger partial charge in [0.1, 0.15) is 6.04 Å². The number of carbonyl (C=O) groups is 1. The minimum atomic E-state index is -0.964. The highest BCUT2D eigenvalue weighted by molar-refractivity contribution is 5.72. The Labute approximate surface area is 139 Å². The van der Waals surface area contributed by atoms with Gasteiger partial charge >= 0.3 is 5.97 Å². The van der Waals surface area contributed by atoms with Crippen molar-refractivity contribution >= 4 is 5.97 Å². The number of carboxylic acid groups (broad SMARTS) is 1. The number of carboxylic acids is 1. The Morgan fingerprint density at radius 2 is 1.78 bits per heavy atom. The van der Waals surface area contributed by atoms with Gasteiger partial charge in [0.2, 0.25) is 6.41 Å². The van der Waals surface area contributed by atoms with Crippen LogP contribution >= 0.6 is 0 Å². The standard InChI is InChI=1S/C17H34N2O4/c1-3-7-12-13(8-4-2)14(12)11-23-17(22)19-10-6-5-9-15(18)16(20)21/h12-15,17,19,22H,3-11,18H2,1-2H3,(H,20,21)/t12-,13+,14?,15-,17?/m0/s1. The Morgan fingerprint density at radius 3 is 2.30 bits per heavy atom. The van der Waals surface area contributed by atoms with E-state index in [9.17, 15) is 9.90 Å². The third-order valence-electron chi connectivity index (χ3n) is 4.78. The van der Waals surface area contributed by atoms with E-state index in [-0.39, 0.29) is 0 Å². The maximum atomic E-state index is 10.6. The molecular weight excluding hydrogens is 296 g/mol. The second kappa shape index (κ2) is 11.0. The topological polar surface area (TPSA) is 105 Å². The van der Waals surface area contributed by atoms with Gasteiger partial charge in [-0.25, -0.2) is 0 Å². The molecule has 1 fully saturated rings. The summed E-state index contributed by atoms with van der Waals surface area (Å²) in [6.45, 7) is 5.64. The number of nitrogens with two attached hydrogens (primary N) is 1. The van der Waals surface area contributed by atoms with Crippen LogP contribution in [0.1, 0.15) is 58.8 Å². The van der Waals surface area contributed by atoms with Gasteiger partial charge in [-0.1, -0.05) is 46.0 Å². The molecule has 0 spiro atoms. The number of aliphatic carboxylic acids is 1. The van der Waals surface area contributed by atoms with Gasteiger partial charge in [-0.2, -0.15) is 0 Å². The summed E-state index contributed by atoms with van der Waals surface area (Å²) in [6.07, 6.45) is 5.93. The molecule has 5 atom stereocenters. The molecule has 0 saturated heterocycles. The number of nitrogens with one attached hydrogen (secondary N) is 1. The number of aliphatic hydroxyl groups is 1. The number of aliphatic hydroxyl groups excluding tert-OH is 1. The Morgan fingerprint density at radius 1 is 1.17 bits per heavy atom. The van der Waals surface area contributed by atoms with E-state index in [1.54, 1.807) is 0 Å². The molecule has 1 aliphatic rings. The van der Waals surface area contributed by atoms with Crippen molar-refractivity contribution < 1.29 is 19.7 Å². The van der Waals surface area contributed by atoms with Crippen molar-refractivity contribution in [2.45, 2.75) is 71.2 Å². The lowest BCUT2D eigenvalue weighted by molar-refractivity contribution is -0.138. The molecular formula is C17H34N2O4. The summed E-state index contributed by atoms with van der Waals surface area (Å²) in [4.78, 5) is 10.6. The van der Waals surface area contributed by atoms with Crippen LogP contribution in [0.25, 0.3) is 0 Å². The number of rotatable bonds is 14. The Bertz CT molecular complexity index is 329.